The fourth-order valence-electron chi connectivity index (χ4n) is 1.37. The van der Waals surface area contributed by atoms with E-state index in [1.54, 1.807) is 0 Å². The van der Waals surface area contributed by atoms with Gasteiger partial charge in [0.05, 0.1) is 0 Å². The molecule has 0 bridgehead atoms. The largest absolute Gasteiger partial charge is 0.353 e. The molecule has 0 rings (SSSR count). The van der Waals surface area contributed by atoms with Gasteiger partial charge >= 0.3 is 0 Å². The van der Waals surface area contributed by atoms with Gasteiger partial charge in [0.25, 0.3) is 0 Å². The number of carbonyl (C=O) groups is 1. The Morgan fingerprint density at radius 3 is 2.50 bits per heavy atom. The maximum atomic E-state index is 11.7. The molecular weight excluding hydrogens is 242 g/mol. The molecule has 0 saturated carbocycles. The number of alkyl halides is 1. The molecule has 0 aliphatic carbocycles. The van der Waals surface area contributed by atoms with Crippen LogP contribution >= 0.6 is 15.9 Å². The standard InChI is InChI=1S/C11H22BrNO/c1-4-6-7-10(5-2)11(14)13-9(3)8-12/h9-10H,4-8H2,1-3H3,(H,13,14). The Kier molecular flexibility index (Phi) is 8.24. The third-order valence-electron chi connectivity index (χ3n) is 2.39. The minimum Gasteiger partial charge on any atom is -0.353 e. The quantitative estimate of drug-likeness (QED) is 0.703. The van der Waals surface area contributed by atoms with Gasteiger partial charge in [-0.05, 0) is 19.8 Å². The third kappa shape index (κ3) is 5.63. The highest BCUT2D eigenvalue weighted by Crippen LogP contribution is 2.12. The zero-order valence-electron chi connectivity index (χ0n) is 9.48. The molecular formula is C11H22BrNO. The van der Waals surface area contributed by atoms with E-state index >= 15 is 0 Å². The summed E-state index contributed by atoms with van der Waals surface area (Å²) < 4.78 is 0. The molecule has 0 spiro atoms. The molecule has 0 radical (unpaired) electrons. The molecule has 0 saturated heterocycles. The van der Waals surface area contributed by atoms with Crippen LogP contribution in [0.3, 0.4) is 0 Å². The topological polar surface area (TPSA) is 29.1 Å². The summed E-state index contributed by atoms with van der Waals surface area (Å²) >= 11 is 3.35. The van der Waals surface area contributed by atoms with Gasteiger partial charge in [-0.3, -0.25) is 4.79 Å². The van der Waals surface area contributed by atoms with Gasteiger partial charge in [0.15, 0.2) is 0 Å². The molecule has 1 amide bonds. The molecule has 2 unspecified atom stereocenters. The molecule has 0 aromatic carbocycles. The Hall–Kier alpha value is -0.0500. The van der Waals surface area contributed by atoms with Crippen LogP contribution in [0.2, 0.25) is 0 Å². The normalized spacial score (nSPS) is 14.9. The highest BCUT2D eigenvalue weighted by Gasteiger charge is 2.16. The summed E-state index contributed by atoms with van der Waals surface area (Å²) in [5.41, 5.74) is 0. The van der Waals surface area contributed by atoms with E-state index < -0.39 is 0 Å². The van der Waals surface area contributed by atoms with Crippen LogP contribution in [0.4, 0.5) is 0 Å². The molecule has 0 aliphatic rings. The second-order valence-corrected chi connectivity index (χ2v) is 4.46. The molecule has 0 aromatic rings. The van der Waals surface area contributed by atoms with Crippen LogP contribution in [0.1, 0.15) is 46.5 Å². The lowest BCUT2D eigenvalue weighted by molar-refractivity contribution is -0.125. The van der Waals surface area contributed by atoms with Gasteiger partial charge < -0.3 is 5.32 Å². The Labute approximate surface area is 96.0 Å². The van der Waals surface area contributed by atoms with Crippen LogP contribution in [0, 0.1) is 5.92 Å². The van der Waals surface area contributed by atoms with Gasteiger partial charge in [-0.2, -0.15) is 0 Å². The van der Waals surface area contributed by atoms with E-state index in [0.717, 1.165) is 31.0 Å². The van der Waals surface area contributed by atoms with E-state index in [4.69, 9.17) is 0 Å². The summed E-state index contributed by atoms with van der Waals surface area (Å²) in [7, 11) is 0. The van der Waals surface area contributed by atoms with Crippen molar-refractivity contribution in [3.63, 3.8) is 0 Å². The Bertz CT molecular complexity index is 161. The van der Waals surface area contributed by atoms with E-state index in [0.29, 0.717) is 0 Å². The number of carbonyl (C=O) groups excluding carboxylic acids is 1. The molecule has 84 valence electrons. The van der Waals surface area contributed by atoms with Crippen molar-refractivity contribution < 1.29 is 4.79 Å². The molecule has 3 heteroatoms. The van der Waals surface area contributed by atoms with Crippen LogP contribution in [-0.2, 0) is 4.79 Å². The number of amides is 1. The van der Waals surface area contributed by atoms with Crippen LogP contribution in [0.5, 0.6) is 0 Å². The van der Waals surface area contributed by atoms with Gasteiger partial charge in [-0.1, -0.05) is 42.6 Å². The summed E-state index contributed by atoms with van der Waals surface area (Å²) in [6.45, 7) is 6.25. The first-order chi connectivity index (χ1) is 6.65. The number of unbranched alkanes of at least 4 members (excludes halogenated alkanes) is 1. The molecule has 1 N–H and O–H groups in total. The van der Waals surface area contributed by atoms with Crippen LogP contribution in [-0.4, -0.2) is 17.3 Å². The Balaban J connectivity index is 3.90. The fourth-order valence-corrected chi connectivity index (χ4v) is 1.53. The summed E-state index contributed by atoms with van der Waals surface area (Å²) in [4.78, 5) is 11.7. The van der Waals surface area contributed by atoms with Gasteiger partial charge in [0, 0.05) is 17.3 Å². The second-order valence-electron chi connectivity index (χ2n) is 3.81. The summed E-state index contributed by atoms with van der Waals surface area (Å²) in [6, 6.07) is 0.234. The third-order valence-corrected chi connectivity index (χ3v) is 3.36. The van der Waals surface area contributed by atoms with Gasteiger partial charge in [0.1, 0.15) is 0 Å². The van der Waals surface area contributed by atoms with E-state index in [-0.39, 0.29) is 17.9 Å². The molecule has 0 heterocycles. The maximum Gasteiger partial charge on any atom is 0.223 e. The fraction of sp³-hybridized carbons (Fsp3) is 0.909. The SMILES string of the molecule is CCCCC(CC)C(=O)NC(C)CBr. The van der Waals surface area contributed by atoms with Crippen LogP contribution in [0.15, 0.2) is 0 Å². The van der Waals surface area contributed by atoms with Crippen molar-refractivity contribution >= 4 is 21.8 Å². The van der Waals surface area contributed by atoms with Crippen LogP contribution in [0.25, 0.3) is 0 Å². The molecule has 0 aromatic heterocycles. The molecule has 2 nitrogen and oxygen atoms in total. The van der Waals surface area contributed by atoms with Crippen molar-refractivity contribution in [1.82, 2.24) is 5.32 Å². The van der Waals surface area contributed by atoms with Crippen molar-refractivity contribution in [2.24, 2.45) is 5.92 Å². The average molecular weight is 264 g/mol. The highest BCUT2D eigenvalue weighted by atomic mass is 79.9. The number of halogens is 1. The van der Waals surface area contributed by atoms with Gasteiger partial charge in [-0.25, -0.2) is 0 Å². The van der Waals surface area contributed by atoms with Gasteiger partial charge in [-0.15, -0.1) is 0 Å². The highest BCUT2D eigenvalue weighted by molar-refractivity contribution is 9.09. The number of hydrogen-bond acceptors (Lipinski definition) is 1. The Morgan fingerprint density at radius 1 is 1.43 bits per heavy atom. The van der Waals surface area contributed by atoms with E-state index in [2.05, 4.69) is 35.1 Å². The van der Waals surface area contributed by atoms with Crippen molar-refractivity contribution in [1.29, 1.82) is 0 Å². The summed E-state index contributed by atoms with van der Waals surface area (Å²) in [5.74, 6) is 0.421. The first-order valence-corrected chi connectivity index (χ1v) is 6.64. The summed E-state index contributed by atoms with van der Waals surface area (Å²) in [6.07, 6.45) is 4.28. The maximum absolute atomic E-state index is 11.7. The molecule has 14 heavy (non-hydrogen) atoms. The average Bonchev–Trinajstić information content (AvgIpc) is 2.18. The van der Waals surface area contributed by atoms with E-state index in [9.17, 15) is 4.79 Å². The minimum atomic E-state index is 0.205. The Morgan fingerprint density at radius 2 is 2.07 bits per heavy atom. The summed E-state index contributed by atoms with van der Waals surface area (Å²) in [5, 5.41) is 3.83. The van der Waals surface area contributed by atoms with Crippen LogP contribution < -0.4 is 5.32 Å². The smallest absolute Gasteiger partial charge is 0.223 e. The predicted octanol–water partition coefficient (Wildman–Crippen LogP) is 3.10. The van der Waals surface area contributed by atoms with E-state index in [1.807, 2.05) is 6.92 Å². The zero-order chi connectivity index (χ0) is 11.0. The molecule has 0 aliphatic heterocycles. The zero-order valence-corrected chi connectivity index (χ0v) is 11.1. The molecule has 2 atom stereocenters. The lowest BCUT2D eigenvalue weighted by Gasteiger charge is -2.17. The predicted molar refractivity (Wildman–Crippen MR) is 64.7 cm³/mol. The van der Waals surface area contributed by atoms with E-state index in [1.165, 1.54) is 0 Å². The van der Waals surface area contributed by atoms with Crippen molar-refractivity contribution in [3.05, 3.63) is 0 Å². The number of rotatable bonds is 7. The number of hydrogen-bond donors (Lipinski definition) is 1. The molecule has 0 fully saturated rings. The lowest BCUT2D eigenvalue weighted by Crippen LogP contribution is -2.37. The van der Waals surface area contributed by atoms with Crippen molar-refractivity contribution in [3.8, 4) is 0 Å². The minimum absolute atomic E-state index is 0.205. The second kappa shape index (κ2) is 8.27. The monoisotopic (exact) mass is 263 g/mol. The van der Waals surface area contributed by atoms with Gasteiger partial charge in [0.2, 0.25) is 5.91 Å². The number of nitrogens with one attached hydrogen (secondary N) is 1. The lowest BCUT2D eigenvalue weighted by atomic mass is 9.98. The van der Waals surface area contributed by atoms with Crippen molar-refractivity contribution in [2.45, 2.75) is 52.5 Å². The van der Waals surface area contributed by atoms with Crippen molar-refractivity contribution in [2.75, 3.05) is 5.33 Å². The first-order valence-electron chi connectivity index (χ1n) is 5.52. The first kappa shape index (κ1) is 13.9.